The van der Waals surface area contributed by atoms with Gasteiger partial charge in [-0.1, -0.05) is 39.3 Å². The Bertz CT molecular complexity index is 460. The molecule has 0 spiro atoms. The molecule has 0 bridgehead atoms. The van der Waals surface area contributed by atoms with Crippen molar-refractivity contribution in [2.24, 2.45) is 11.8 Å². The van der Waals surface area contributed by atoms with E-state index in [0.29, 0.717) is 35.5 Å². The second-order valence-electron chi connectivity index (χ2n) is 6.32. The van der Waals surface area contributed by atoms with Crippen molar-refractivity contribution in [1.29, 1.82) is 0 Å². The lowest BCUT2D eigenvalue weighted by molar-refractivity contribution is 0.0738. The summed E-state index contributed by atoms with van der Waals surface area (Å²) >= 11 is 5.82. The van der Waals surface area contributed by atoms with Gasteiger partial charge in [-0.05, 0) is 42.9 Å². The van der Waals surface area contributed by atoms with E-state index >= 15 is 0 Å². The summed E-state index contributed by atoms with van der Waals surface area (Å²) in [6.07, 6.45) is 1.91. The third-order valence-electron chi connectivity index (χ3n) is 3.43. The molecule has 1 N–H and O–H groups in total. The predicted molar refractivity (Wildman–Crippen MR) is 87.9 cm³/mol. The van der Waals surface area contributed by atoms with Crippen LogP contribution in [0.4, 0.5) is 0 Å². The maximum Gasteiger partial charge on any atom is 0.257 e. The lowest BCUT2D eigenvalue weighted by Gasteiger charge is -2.25. The Kier molecular flexibility index (Phi) is 7.03. The van der Waals surface area contributed by atoms with Crippen molar-refractivity contribution >= 4 is 17.5 Å². The molecule has 21 heavy (non-hydrogen) atoms. The molecule has 0 unspecified atom stereocenters. The van der Waals surface area contributed by atoms with Gasteiger partial charge in [0.2, 0.25) is 0 Å². The van der Waals surface area contributed by atoms with Gasteiger partial charge >= 0.3 is 0 Å². The van der Waals surface area contributed by atoms with Crippen LogP contribution >= 0.6 is 11.6 Å². The van der Waals surface area contributed by atoms with Gasteiger partial charge in [-0.2, -0.15) is 0 Å². The van der Waals surface area contributed by atoms with Crippen LogP contribution in [0.1, 0.15) is 50.9 Å². The summed E-state index contributed by atoms with van der Waals surface area (Å²) in [5, 5.41) is 10.4. The number of benzene rings is 1. The molecule has 0 heterocycles. The van der Waals surface area contributed by atoms with Crippen LogP contribution in [0.3, 0.4) is 0 Å². The molecule has 0 aliphatic rings. The summed E-state index contributed by atoms with van der Waals surface area (Å²) in [6.45, 7) is 10.0. The molecule has 0 aromatic heterocycles. The molecule has 0 aliphatic carbocycles. The number of amides is 1. The SMILES string of the molecule is CC(C)CCN(CCC(C)C)C(=O)c1ccc(Cl)cc1O. The van der Waals surface area contributed by atoms with Crippen LogP contribution in [0.5, 0.6) is 5.75 Å². The largest absolute Gasteiger partial charge is 0.507 e. The topological polar surface area (TPSA) is 40.5 Å². The molecule has 4 heteroatoms. The Labute approximate surface area is 132 Å². The summed E-state index contributed by atoms with van der Waals surface area (Å²) in [5.74, 6) is 0.911. The van der Waals surface area contributed by atoms with Crippen molar-refractivity contribution < 1.29 is 9.90 Å². The molecule has 0 radical (unpaired) electrons. The molecule has 3 nitrogen and oxygen atoms in total. The molecule has 1 rings (SSSR count). The fraction of sp³-hybridized carbons (Fsp3) is 0.588. The van der Waals surface area contributed by atoms with Crippen molar-refractivity contribution in [2.75, 3.05) is 13.1 Å². The average molecular weight is 312 g/mol. The zero-order valence-electron chi connectivity index (χ0n) is 13.4. The van der Waals surface area contributed by atoms with Crippen molar-refractivity contribution in [3.05, 3.63) is 28.8 Å². The number of carbonyl (C=O) groups excluding carboxylic acids is 1. The van der Waals surface area contributed by atoms with Crippen LogP contribution in [-0.2, 0) is 0 Å². The molecule has 118 valence electrons. The van der Waals surface area contributed by atoms with Crippen LogP contribution in [-0.4, -0.2) is 29.0 Å². The first-order valence-corrected chi connectivity index (χ1v) is 7.96. The maximum absolute atomic E-state index is 12.6. The quantitative estimate of drug-likeness (QED) is 0.800. The molecule has 1 aromatic carbocycles. The zero-order chi connectivity index (χ0) is 16.0. The normalized spacial score (nSPS) is 11.2. The Morgan fingerprint density at radius 2 is 1.67 bits per heavy atom. The first kappa shape index (κ1) is 17.8. The van der Waals surface area contributed by atoms with Gasteiger partial charge in [-0.3, -0.25) is 4.79 Å². The smallest absolute Gasteiger partial charge is 0.257 e. The fourth-order valence-corrected chi connectivity index (χ4v) is 2.17. The van der Waals surface area contributed by atoms with Crippen molar-refractivity contribution in [2.45, 2.75) is 40.5 Å². The summed E-state index contributed by atoms with van der Waals surface area (Å²) in [5.41, 5.74) is 0.326. The minimum absolute atomic E-state index is 0.0495. The third kappa shape index (κ3) is 5.96. The molecule has 0 saturated carbocycles. The Morgan fingerprint density at radius 3 is 2.10 bits per heavy atom. The van der Waals surface area contributed by atoms with E-state index in [-0.39, 0.29) is 11.7 Å². The van der Waals surface area contributed by atoms with Gasteiger partial charge in [-0.15, -0.1) is 0 Å². The number of aromatic hydroxyl groups is 1. The van der Waals surface area contributed by atoms with E-state index in [2.05, 4.69) is 27.7 Å². The van der Waals surface area contributed by atoms with Gasteiger partial charge < -0.3 is 10.0 Å². The number of nitrogens with zero attached hydrogens (tertiary/aromatic N) is 1. The highest BCUT2D eigenvalue weighted by molar-refractivity contribution is 6.30. The van der Waals surface area contributed by atoms with E-state index in [4.69, 9.17) is 11.6 Å². The second-order valence-corrected chi connectivity index (χ2v) is 6.76. The van der Waals surface area contributed by atoms with Crippen LogP contribution in [0.2, 0.25) is 5.02 Å². The molecule has 1 amide bonds. The minimum atomic E-state index is -0.120. The van der Waals surface area contributed by atoms with E-state index < -0.39 is 0 Å². The maximum atomic E-state index is 12.6. The van der Waals surface area contributed by atoms with Crippen molar-refractivity contribution in [1.82, 2.24) is 4.90 Å². The number of hydrogen-bond acceptors (Lipinski definition) is 2. The van der Waals surface area contributed by atoms with E-state index in [1.165, 1.54) is 6.07 Å². The van der Waals surface area contributed by atoms with Crippen molar-refractivity contribution in [3.63, 3.8) is 0 Å². The van der Waals surface area contributed by atoms with Crippen LogP contribution in [0.25, 0.3) is 0 Å². The number of carbonyl (C=O) groups is 1. The fourth-order valence-electron chi connectivity index (χ4n) is 2.00. The van der Waals surface area contributed by atoms with E-state index in [0.717, 1.165) is 12.8 Å². The standard InChI is InChI=1S/C17H26ClNO2/c1-12(2)7-9-19(10-8-13(3)4)17(21)15-6-5-14(18)11-16(15)20/h5-6,11-13,20H,7-10H2,1-4H3. The number of halogens is 1. The molecule has 0 atom stereocenters. The molecule has 1 aromatic rings. The highest BCUT2D eigenvalue weighted by atomic mass is 35.5. The van der Waals surface area contributed by atoms with Crippen LogP contribution in [0.15, 0.2) is 18.2 Å². The number of phenols is 1. The monoisotopic (exact) mass is 311 g/mol. The molecule has 0 saturated heterocycles. The van der Waals surface area contributed by atoms with Gasteiger partial charge in [0.05, 0.1) is 5.56 Å². The van der Waals surface area contributed by atoms with Gasteiger partial charge in [0.1, 0.15) is 5.75 Å². The zero-order valence-corrected chi connectivity index (χ0v) is 14.2. The summed E-state index contributed by atoms with van der Waals surface area (Å²) in [6, 6.07) is 4.65. The van der Waals surface area contributed by atoms with Gasteiger partial charge in [0.25, 0.3) is 5.91 Å². The van der Waals surface area contributed by atoms with Gasteiger partial charge in [0.15, 0.2) is 0 Å². The van der Waals surface area contributed by atoms with Crippen LogP contribution < -0.4 is 0 Å². The highest BCUT2D eigenvalue weighted by Gasteiger charge is 2.19. The van der Waals surface area contributed by atoms with Gasteiger partial charge in [0, 0.05) is 18.1 Å². The Morgan fingerprint density at radius 1 is 1.14 bits per heavy atom. The van der Waals surface area contributed by atoms with E-state index in [9.17, 15) is 9.90 Å². The average Bonchev–Trinajstić information content (AvgIpc) is 2.37. The highest BCUT2D eigenvalue weighted by Crippen LogP contribution is 2.24. The molecule has 0 fully saturated rings. The summed E-state index contributed by atoms with van der Waals surface area (Å²) < 4.78 is 0. The molecular formula is C17H26ClNO2. The lowest BCUT2D eigenvalue weighted by Crippen LogP contribution is -2.34. The summed E-state index contributed by atoms with van der Waals surface area (Å²) in [7, 11) is 0. The Hall–Kier alpha value is -1.22. The van der Waals surface area contributed by atoms with Gasteiger partial charge in [-0.25, -0.2) is 0 Å². The van der Waals surface area contributed by atoms with E-state index in [1.54, 1.807) is 12.1 Å². The first-order chi connectivity index (χ1) is 9.81. The lowest BCUT2D eigenvalue weighted by atomic mass is 10.1. The number of phenolic OH excluding ortho intramolecular Hbond substituents is 1. The van der Waals surface area contributed by atoms with Crippen molar-refractivity contribution in [3.8, 4) is 5.75 Å². The predicted octanol–water partition coefficient (Wildman–Crippen LogP) is 4.58. The van der Waals surface area contributed by atoms with Crippen LogP contribution in [0, 0.1) is 11.8 Å². The molecular weight excluding hydrogens is 286 g/mol. The molecule has 0 aliphatic heterocycles. The number of hydrogen-bond donors (Lipinski definition) is 1. The minimum Gasteiger partial charge on any atom is -0.507 e. The first-order valence-electron chi connectivity index (χ1n) is 7.59. The Balaban J connectivity index is 2.86. The summed E-state index contributed by atoms with van der Waals surface area (Å²) in [4.78, 5) is 14.5. The third-order valence-corrected chi connectivity index (χ3v) is 3.67. The number of rotatable bonds is 7. The van der Waals surface area contributed by atoms with E-state index in [1.807, 2.05) is 4.90 Å². The second kappa shape index (κ2) is 8.28.